The van der Waals surface area contributed by atoms with Crippen LogP contribution < -0.4 is 5.32 Å². The Bertz CT molecular complexity index is 1210. The second-order valence-corrected chi connectivity index (χ2v) is 9.30. The predicted molar refractivity (Wildman–Crippen MR) is 140 cm³/mol. The summed E-state index contributed by atoms with van der Waals surface area (Å²) in [4.78, 5) is 37.2. The lowest BCUT2D eigenvalue weighted by Crippen LogP contribution is -2.28. The maximum absolute atomic E-state index is 13.1. The zero-order valence-corrected chi connectivity index (χ0v) is 21.0. The molecule has 0 radical (unpaired) electrons. The monoisotopic (exact) mass is 504 g/mol. The van der Waals surface area contributed by atoms with Crippen molar-refractivity contribution >= 4 is 29.2 Å². The van der Waals surface area contributed by atoms with Crippen LogP contribution >= 0.6 is 11.8 Å². The third-order valence-corrected chi connectivity index (χ3v) is 6.68. The fraction of sp³-hybridized carbons (Fsp3) is 0.214. The summed E-state index contributed by atoms with van der Waals surface area (Å²) in [6, 6.07) is 25.4. The number of ether oxygens (including phenoxy) is 1. The Morgan fingerprint density at radius 3 is 2.14 bits per heavy atom. The molecule has 36 heavy (non-hydrogen) atoms. The van der Waals surface area contributed by atoms with Crippen LogP contribution in [-0.4, -0.2) is 22.4 Å². The van der Waals surface area contributed by atoms with E-state index in [-0.39, 0.29) is 23.8 Å². The number of Topliss-reactive ketones (excluding diaryl/α,β-unsaturated/α-hetero) is 1. The first kappa shape index (κ1) is 26.7. The van der Waals surface area contributed by atoms with Gasteiger partial charge in [-0.1, -0.05) is 55.5 Å². The number of thioether (sulfide) groups is 1. The smallest absolute Gasteiger partial charge is 0.343 e. The number of benzene rings is 3. The van der Waals surface area contributed by atoms with E-state index < -0.39 is 16.7 Å². The molecule has 0 aliphatic heterocycles. The molecular weight excluding hydrogens is 476 g/mol. The third-order valence-electron chi connectivity index (χ3n) is 5.40. The highest BCUT2D eigenvalue weighted by Gasteiger charge is 2.25. The topological polar surface area (TPSA) is 98.5 Å². The molecule has 3 aromatic rings. The number of carbonyl (C=O) groups is 2. The summed E-state index contributed by atoms with van der Waals surface area (Å²) in [6.07, 6.45) is 0. The Kier molecular flexibility index (Phi) is 9.82. The zero-order valence-electron chi connectivity index (χ0n) is 20.2. The van der Waals surface area contributed by atoms with E-state index in [1.807, 2.05) is 67.6 Å². The molecule has 0 amide bonds. The Balaban J connectivity index is 1.81. The second kappa shape index (κ2) is 13.3. The number of hydrogen-bond donors (Lipinski definition) is 1. The molecule has 0 aliphatic rings. The summed E-state index contributed by atoms with van der Waals surface area (Å²) in [5.74, 6) is -0.623. The van der Waals surface area contributed by atoms with Crippen molar-refractivity contribution in [3.63, 3.8) is 0 Å². The molecule has 7 nitrogen and oxygen atoms in total. The van der Waals surface area contributed by atoms with Crippen LogP contribution in [0.1, 0.15) is 25.0 Å². The first-order valence-corrected chi connectivity index (χ1v) is 12.4. The summed E-state index contributed by atoms with van der Waals surface area (Å²) in [5.41, 5.74) is 2.06. The number of hydrogen-bond acceptors (Lipinski definition) is 7. The molecule has 0 saturated carbocycles. The van der Waals surface area contributed by atoms with Gasteiger partial charge in [-0.05, 0) is 42.3 Å². The first-order valence-electron chi connectivity index (χ1n) is 11.5. The number of esters is 1. The lowest BCUT2D eigenvalue weighted by Gasteiger charge is -2.21. The largest absolute Gasteiger partial charge is 0.457 e. The van der Waals surface area contributed by atoms with Crippen molar-refractivity contribution in [3.8, 4) is 0 Å². The van der Waals surface area contributed by atoms with E-state index in [9.17, 15) is 19.7 Å². The van der Waals surface area contributed by atoms with Crippen molar-refractivity contribution in [1.82, 2.24) is 5.32 Å². The summed E-state index contributed by atoms with van der Waals surface area (Å²) < 4.78 is 5.46. The molecule has 3 aromatic carbocycles. The fourth-order valence-electron chi connectivity index (χ4n) is 3.50. The van der Waals surface area contributed by atoms with Crippen LogP contribution in [-0.2, 0) is 27.5 Å². The fourth-order valence-corrected chi connectivity index (χ4v) is 4.46. The van der Waals surface area contributed by atoms with Gasteiger partial charge in [-0.25, -0.2) is 4.79 Å². The van der Waals surface area contributed by atoms with Crippen molar-refractivity contribution in [2.24, 2.45) is 5.92 Å². The van der Waals surface area contributed by atoms with Crippen molar-refractivity contribution in [1.29, 1.82) is 0 Å². The van der Waals surface area contributed by atoms with Crippen LogP contribution in [0.25, 0.3) is 0 Å². The maximum Gasteiger partial charge on any atom is 0.343 e. The molecule has 8 heteroatoms. The van der Waals surface area contributed by atoms with Gasteiger partial charge in [0.25, 0.3) is 5.69 Å². The molecule has 186 valence electrons. The van der Waals surface area contributed by atoms with Crippen molar-refractivity contribution in [3.05, 3.63) is 117 Å². The Morgan fingerprint density at radius 2 is 1.56 bits per heavy atom. The minimum absolute atomic E-state index is 0.0194. The molecule has 0 saturated heterocycles. The molecule has 0 fully saturated rings. The Hall–Kier alpha value is -3.91. The summed E-state index contributed by atoms with van der Waals surface area (Å²) >= 11 is 1.64. The number of allylic oxidation sites excluding steroid dienone is 1. The van der Waals surface area contributed by atoms with Gasteiger partial charge in [0.1, 0.15) is 12.2 Å². The van der Waals surface area contributed by atoms with E-state index in [1.165, 1.54) is 31.2 Å². The van der Waals surface area contributed by atoms with Gasteiger partial charge in [-0.3, -0.25) is 14.9 Å². The maximum atomic E-state index is 13.1. The van der Waals surface area contributed by atoms with E-state index in [0.29, 0.717) is 23.6 Å². The Labute approximate surface area is 214 Å². The van der Waals surface area contributed by atoms with Crippen LogP contribution in [0.15, 0.2) is 101 Å². The molecule has 0 spiro atoms. The van der Waals surface area contributed by atoms with Crippen molar-refractivity contribution in [2.45, 2.75) is 31.9 Å². The molecule has 1 unspecified atom stereocenters. The average molecular weight is 505 g/mol. The summed E-state index contributed by atoms with van der Waals surface area (Å²) in [6.45, 7) is 3.66. The number of rotatable bonds is 12. The third kappa shape index (κ3) is 7.81. The van der Waals surface area contributed by atoms with Gasteiger partial charge < -0.3 is 10.1 Å². The van der Waals surface area contributed by atoms with E-state index in [4.69, 9.17) is 4.74 Å². The Morgan fingerprint density at radius 1 is 0.944 bits per heavy atom. The zero-order chi connectivity index (χ0) is 25.9. The van der Waals surface area contributed by atoms with Crippen LogP contribution in [0.2, 0.25) is 0 Å². The highest BCUT2D eigenvalue weighted by molar-refractivity contribution is 7.99. The highest BCUT2D eigenvalue weighted by atomic mass is 32.2. The van der Waals surface area contributed by atoms with Crippen LogP contribution in [0.5, 0.6) is 0 Å². The predicted octanol–water partition coefficient (Wildman–Crippen LogP) is 5.70. The molecule has 1 atom stereocenters. The van der Waals surface area contributed by atoms with Crippen LogP contribution in [0.4, 0.5) is 5.69 Å². The van der Waals surface area contributed by atoms with Crippen LogP contribution in [0.3, 0.4) is 0 Å². The number of nitrogens with zero attached hydrogens (tertiary/aromatic N) is 1. The van der Waals surface area contributed by atoms with Gasteiger partial charge in [-0.15, -0.1) is 11.8 Å². The molecule has 0 aliphatic carbocycles. The quantitative estimate of drug-likeness (QED) is 0.0642. The number of ketones is 1. The minimum atomic E-state index is -0.729. The first-order chi connectivity index (χ1) is 17.3. The van der Waals surface area contributed by atoms with Crippen molar-refractivity contribution in [2.75, 3.05) is 5.75 Å². The van der Waals surface area contributed by atoms with E-state index in [2.05, 4.69) is 5.32 Å². The molecular formula is C28H28N2O5S. The van der Waals surface area contributed by atoms with Gasteiger partial charge >= 0.3 is 5.97 Å². The molecule has 3 rings (SSSR count). The number of nitro benzene ring substituents is 1. The lowest BCUT2D eigenvalue weighted by molar-refractivity contribution is -0.384. The van der Waals surface area contributed by atoms with Gasteiger partial charge in [0, 0.05) is 40.9 Å². The molecule has 0 heterocycles. The standard InChI is InChI=1S/C28H28N2O5S/c1-20(19-36-25-11-7-4-8-12-25)27(29-17-22-9-5-3-6-10-22)26(21(2)31)28(32)35-18-23-13-15-24(16-14-23)30(33)34/h3-16,20,29H,17-19H2,1-2H3/b27-26-. The number of nitro groups is 1. The number of non-ortho nitro benzene ring substituents is 1. The normalized spacial score (nSPS) is 12.3. The minimum Gasteiger partial charge on any atom is -0.457 e. The van der Waals surface area contributed by atoms with Gasteiger partial charge in [0.05, 0.1) is 4.92 Å². The van der Waals surface area contributed by atoms with Gasteiger partial charge in [0.15, 0.2) is 5.78 Å². The highest BCUT2D eigenvalue weighted by Crippen LogP contribution is 2.26. The molecule has 1 N–H and O–H groups in total. The van der Waals surface area contributed by atoms with Gasteiger partial charge in [-0.2, -0.15) is 0 Å². The lowest BCUT2D eigenvalue weighted by atomic mass is 10.0. The number of carbonyl (C=O) groups excluding carboxylic acids is 2. The van der Waals surface area contributed by atoms with E-state index in [1.54, 1.807) is 11.8 Å². The average Bonchev–Trinajstić information content (AvgIpc) is 2.89. The molecule has 0 aromatic heterocycles. The second-order valence-electron chi connectivity index (χ2n) is 8.21. The number of nitrogens with one attached hydrogen (secondary N) is 1. The van der Waals surface area contributed by atoms with Gasteiger partial charge in [0.2, 0.25) is 0 Å². The van der Waals surface area contributed by atoms with E-state index >= 15 is 0 Å². The van der Waals surface area contributed by atoms with Crippen LogP contribution in [0, 0.1) is 16.0 Å². The molecule has 0 bridgehead atoms. The summed E-state index contributed by atoms with van der Waals surface area (Å²) in [5, 5.41) is 14.2. The van der Waals surface area contributed by atoms with Crippen molar-refractivity contribution < 1.29 is 19.2 Å². The van der Waals surface area contributed by atoms with E-state index in [0.717, 1.165) is 10.5 Å². The summed E-state index contributed by atoms with van der Waals surface area (Å²) in [7, 11) is 0. The SMILES string of the molecule is CC(=O)/C(C(=O)OCc1ccc([N+](=O)[O-])cc1)=C(/NCc1ccccc1)C(C)CSc1ccccc1.